The first-order valence-electron chi connectivity index (χ1n) is 8.54. The topological polar surface area (TPSA) is 70.5 Å². The third kappa shape index (κ3) is 3.55. The zero-order valence-electron chi connectivity index (χ0n) is 14.5. The van der Waals surface area contributed by atoms with Gasteiger partial charge >= 0.3 is 5.97 Å². The summed E-state index contributed by atoms with van der Waals surface area (Å²) >= 11 is 0. The first kappa shape index (κ1) is 17.1. The Balaban J connectivity index is 1.94. The van der Waals surface area contributed by atoms with Gasteiger partial charge in [0.2, 0.25) is 0 Å². The Morgan fingerprint density at radius 2 is 1.92 bits per heavy atom. The van der Waals surface area contributed by atoms with Gasteiger partial charge in [-0.25, -0.2) is 4.79 Å². The summed E-state index contributed by atoms with van der Waals surface area (Å²) in [6.45, 7) is 4.85. The van der Waals surface area contributed by atoms with Gasteiger partial charge in [-0.2, -0.15) is 0 Å². The second-order valence-electron chi connectivity index (χ2n) is 6.71. The van der Waals surface area contributed by atoms with Crippen molar-refractivity contribution in [3.8, 4) is 0 Å². The van der Waals surface area contributed by atoms with E-state index < -0.39 is 5.97 Å². The maximum Gasteiger partial charge on any atom is 0.335 e. The zero-order chi connectivity index (χ0) is 18.0. The van der Waals surface area contributed by atoms with E-state index in [2.05, 4.69) is 36.2 Å². The summed E-state index contributed by atoms with van der Waals surface area (Å²) in [4.78, 5) is 30.2. The number of hydrogen-bond donors (Lipinski definition) is 1. The van der Waals surface area contributed by atoms with E-state index in [1.54, 1.807) is 0 Å². The third-order valence-electron chi connectivity index (χ3n) is 4.84. The third-order valence-corrected chi connectivity index (χ3v) is 4.84. The van der Waals surface area contributed by atoms with E-state index in [1.807, 2.05) is 11.8 Å². The number of aromatic nitrogens is 1. The molecule has 1 N–H and O–H groups in total. The fourth-order valence-corrected chi connectivity index (χ4v) is 3.52. The molecule has 1 saturated heterocycles. The van der Waals surface area contributed by atoms with Crippen molar-refractivity contribution in [1.82, 2.24) is 9.88 Å². The number of piperidine rings is 1. The van der Waals surface area contributed by atoms with Crippen LogP contribution in [0.25, 0.3) is 0 Å². The number of amides is 1. The molecule has 3 rings (SSSR count). The summed E-state index contributed by atoms with van der Waals surface area (Å²) in [6.07, 6.45) is 3.38. The highest BCUT2D eigenvalue weighted by Gasteiger charge is 2.34. The average molecular weight is 338 g/mol. The molecule has 2 unspecified atom stereocenters. The molecule has 2 heterocycles. The molecule has 25 heavy (non-hydrogen) atoms. The molecule has 2 aromatic rings. The van der Waals surface area contributed by atoms with Crippen LogP contribution >= 0.6 is 0 Å². The van der Waals surface area contributed by atoms with E-state index in [0.29, 0.717) is 12.5 Å². The van der Waals surface area contributed by atoms with E-state index in [9.17, 15) is 9.59 Å². The SMILES string of the molecule is Cc1ccc(C2C(C)CCCN2C(=O)c2cc(C(=O)O)ccn2)cc1. The second-order valence-corrected chi connectivity index (χ2v) is 6.71. The van der Waals surface area contributed by atoms with Gasteiger partial charge in [-0.1, -0.05) is 36.8 Å². The quantitative estimate of drug-likeness (QED) is 0.926. The molecule has 1 aromatic carbocycles. The van der Waals surface area contributed by atoms with Gasteiger partial charge in [-0.15, -0.1) is 0 Å². The highest BCUT2D eigenvalue weighted by Crippen LogP contribution is 2.36. The Labute approximate surface area is 147 Å². The predicted octanol–water partition coefficient (Wildman–Crippen LogP) is 3.70. The molecule has 5 heteroatoms. The first-order chi connectivity index (χ1) is 12.0. The number of carbonyl (C=O) groups excluding carboxylic acids is 1. The molecule has 0 spiro atoms. The molecule has 1 aliphatic rings. The van der Waals surface area contributed by atoms with Crippen LogP contribution in [-0.2, 0) is 0 Å². The summed E-state index contributed by atoms with van der Waals surface area (Å²) < 4.78 is 0. The smallest absolute Gasteiger partial charge is 0.335 e. The molecule has 130 valence electrons. The minimum absolute atomic E-state index is 0.0165. The number of aryl methyl sites for hydroxylation is 1. The molecule has 1 fully saturated rings. The Morgan fingerprint density at radius 1 is 1.20 bits per heavy atom. The Hall–Kier alpha value is -2.69. The van der Waals surface area contributed by atoms with Gasteiger partial charge in [-0.3, -0.25) is 9.78 Å². The summed E-state index contributed by atoms with van der Waals surface area (Å²) in [5.41, 5.74) is 2.56. The van der Waals surface area contributed by atoms with Crippen LogP contribution in [0.1, 0.15) is 57.8 Å². The largest absolute Gasteiger partial charge is 0.478 e. The molecular formula is C20H22N2O3. The van der Waals surface area contributed by atoms with Crippen LogP contribution < -0.4 is 0 Å². The van der Waals surface area contributed by atoms with E-state index in [1.165, 1.54) is 23.9 Å². The van der Waals surface area contributed by atoms with Crippen molar-refractivity contribution in [3.05, 3.63) is 65.0 Å². The fraction of sp³-hybridized carbons (Fsp3) is 0.350. The van der Waals surface area contributed by atoms with Crippen molar-refractivity contribution in [2.24, 2.45) is 5.92 Å². The lowest BCUT2D eigenvalue weighted by Gasteiger charge is -2.40. The van der Waals surface area contributed by atoms with E-state index in [-0.39, 0.29) is 23.2 Å². The molecule has 1 aliphatic heterocycles. The van der Waals surface area contributed by atoms with E-state index >= 15 is 0 Å². The van der Waals surface area contributed by atoms with Crippen molar-refractivity contribution in [2.45, 2.75) is 32.7 Å². The monoisotopic (exact) mass is 338 g/mol. The lowest BCUT2D eigenvalue weighted by Crippen LogP contribution is -2.42. The number of rotatable bonds is 3. The fourth-order valence-electron chi connectivity index (χ4n) is 3.52. The van der Waals surface area contributed by atoms with Gasteiger partial charge in [0.1, 0.15) is 5.69 Å². The Bertz CT molecular complexity index is 786. The number of pyridine rings is 1. The van der Waals surface area contributed by atoms with E-state index in [4.69, 9.17) is 5.11 Å². The van der Waals surface area contributed by atoms with Gasteiger partial charge in [0.25, 0.3) is 5.91 Å². The maximum atomic E-state index is 13.0. The first-order valence-corrected chi connectivity index (χ1v) is 8.54. The number of aromatic carboxylic acids is 1. The standard InChI is InChI=1S/C20H22N2O3/c1-13-5-7-15(8-6-13)18-14(2)4-3-11-22(18)19(23)17-12-16(20(24)25)9-10-21-17/h5-10,12,14,18H,3-4,11H2,1-2H3,(H,24,25). The second kappa shape index (κ2) is 7.05. The van der Waals surface area contributed by atoms with Crippen LogP contribution in [0.5, 0.6) is 0 Å². The molecule has 1 amide bonds. The summed E-state index contributed by atoms with van der Waals surface area (Å²) in [5, 5.41) is 9.15. The molecule has 2 atom stereocenters. The minimum Gasteiger partial charge on any atom is -0.478 e. The average Bonchev–Trinajstić information content (AvgIpc) is 2.62. The number of benzene rings is 1. The Morgan fingerprint density at radius 3 is 2.60 bits per heavy atom. The van der Waals surface area contributed by atoms with Crippen LogP contribution in [-0.4, -0.2) is 33.4 Å². The lowest BCUT2D eigenvalue weighted by atomic mass is 9.85. The molecule has 0 saturated carbocycles. The molecule has 0 aliphatic carbocycles. The minimum atomic E-state index is -1.06. The van der Waals surface area contributed by atoms with Crippen LogP contribution in [0.15, 0.2) is 42.6 Å². The van der Waals surface area contributed by atoms with E-state index in [0.717, 1.165) is 18.4 Å². The number of carboxylic acid groups (broad SMARTS) is 1. The van der Waals surface area contributed by atoms with Gasteiger partial charge in [0, 0.05) is 12.7 Å². The lowest BCUT2D eigenvalue weighted by molar-refractivity contribution is 0.0507. The molecular weight excluding hydrogens is 316 g/mol. The number of carboxylic acids is 1. The maximum absolute atomic E-state index is 13.0. The van der Waals surface area contributed by atoms with Crippen molar-refractivity contribution in [1.29, 1.82) is 0 Å². The number of nitrogens with zero attached hydrogens (tertiary/aromatic N) is 2. The van der Waals surface area contributed by atoms with Crippen molar-refractivity contribution in [3.63, 3.8) is 0 Å². The van der Waals surface area contributed by atoms with Crippen molar-refractivity contribution >= 4 is 11.9 Å². The highest BCUT2D eigenvalue weighted by molar-refractivity contribution is 5.96. The van der Waals surface area contributed by atoms with Crippen LogP contribution in [0.2, 0.25) is 0 Å². The molecule has 0 radical (unpaired) electrons. The van der Waals surface area contributed by atoms with Gasteiger partial charge in [0.05, 0.1) is 11.6 Å². The van der Waals surface area contributed by atoms with Gasteiger partial charge in [-0.05, 0) is 43.4 Å². The molecule has 5 nitrogen and oxygen atoms in total. The van der Waals surface area contributed by atoms with Gasteiger partial charge in [0.15, 0.2) is 0 Å². The zero-order valence-corrected chi connectivity index (χ0v) is 14.5. The summed E-state index contributed by atoms with van der Waals surface area (Å²) in [6, 6.07) is 11.0. The van der Waals surface area contributed by atoms with Crippen LogP contribution in [0.3, 0.4) is 0 Å². The predicted molar refractivity (Wildman–Crippen MR) is 94.6 cm³/mol. The number of carbonyl (C=O) groups is 2. The number of likely N-dealkylation sites (tertiary alicyclic amines) is 1. The molecule has 1 aromatic heterocycles. The van der Waals surface area contributed by atoms with Crippen molar-refractivity contribution < 1.29 is 14.7 Å². The van der Waals surface area contributed by atoms with Crippen LogP contribution in [0.4, 0.5) is 0 Å². The highest BCUT2D eigenvalue weighted by atomic mass is 16.4. The Kier molecular flexibility index (Phi) is 4.83. The van der Waals surface area contributed by atoms with Gasteiger partial charge < -0.3 is 10.0 Å². The normalized spacial score (nSPS) is 20.3. The summed E-state index contributed by atoms with van der Waals surface area (Å²) in [5.74, 6) is -0.929. The van der Waals surface area contributed by atoms with Crippen LogP contribution in [0, 0.1) is 12.8 Å². The summed E-state index contributed by atoms with van der Waals surface area (Å²) in [7, 11) is 0. The number of hydrogen-bond acceptors (Lipinski definition) is 3. The van der Waals surface area contributed by atoms with Crippen molar-refractivity contribution in [2.75, 3.05) is 6.54 Å². The molecule has 0 bridgehead atoms.